The second kappa shape index (κ2) is 5.88. The number of nitrogens with zero attached hydrogens (tertiary/aromatic N) is 1. The van der Waals surface area contributed by atoms with Crippen LogP contribution in [0.25, 0.3) is 0 Å². The molecule has 0 aliphatic rings. The molecular weight excluding hydrogens is 260 g/mol. The summed E-state index contributed by atoms with van der Waals surface area (Å²) in [5.74, 6) is -0.0611. The van der Waals surface area contributed by atoms with E-state index in [2.05, 4.69) is 15.3 Å². The lowest BCUT2D eigenvalue weighted by molar-refractivity contribution is 0.0948. The third-order valence-corrected chi connectivity index (χ3v) is 3.71. The molecule has 0 fully saturated rings. The molecule has 6 heteroatoms. The van der Waals surface area contributed by atoms with E-state index in [1.807, 2.05) is 25.3 Å². The van der Waals surface area contributed by atoms with E-state index in [0.717, 1.165) is 29.8 Å². The average Bonchev–Trinajstić information content (AvgIpc) is 2.92. The third kappa shape index (κ3) is 3.57. The van der Waals surface area contributed by atoms with Gasteiger partial charge >= 0.3 is 0 Å². The number of nitrogen functional groups attached to an aromatic ring is 1. The molecule has 2 aromatic heterocycles. The van der Waals surface area contributed by atoms with Crippen LogP contribution in [-0.4, -0.2) is 22.4 Å². The number of aryl methyl sites for hydroxylation is 3. The molecule has 102 valence electrons. The first-order valence-corrected chi connectivity index (χ1v) is 7.08. The van der Waals surface area contributed by atoms with Crippen LogP contribution < -0.4 is 11.1 Å². The minimum absolute atomic E-state index is 0.0611. The number of amides is 1. The summed E-state index contributed by atoms with van der Waals surface area (Å²) in [6.07, 6.45) is 1.68. The van der Waals surface area contributed by atoms with Crippen molar-refractivity contribution in [3.8, 4) is 0 Å². The zero-order chi connectivity index (χ0) is 13.8. The van der Waals surface area contributed by atoms with Crippen LogP contribution in [0.5, 0.6) is 0 Å². The van der Waals surface area contributed by atoms with Crippen LogP contribution in [0.3, 0.4) is 0 Å². The highest BCUT2D eigenvalue weighted by Crippen LogP contribution is 2.12. The molecule has 0 spiro atoms. The molecule has 0 aliphatic carbocycles. The number of carbonyl (C=O) groups excluding carboxylic acids is 1. The Bertz CT molecular complexity index is 553. The van der Waals surface area contributed by atoms with Gasteiger partial charge in [0.25, 0.3) is 5.91 Å². The molecule has 2 heterocycles. The predicted molar refractivity (Wildman–Crippen MR) is 77.4 cm³/mol. The van der Waals surface area contributed by atoms with Crippen molar-refractivity contribution in [3.63, 3.8) is 0 Å². The summed E-state index contributed by atoms with van der Waals surface area (Å²) in [7, 11) is 0. The smallest absolute Gasteiger partial charge is 0.267 e. The lowest BCUT2D eigenvalue weighted by atomic mass is 10.2. The second-order valence-electron chi connectivity index (χ2n) is 4.53. The van der Waals surface area contributed by atoms with Crippen molar-refractivity contribution in [2.24, 2.45) is 0 Å². The summed E-state index contributed by atoms with van der Waals surface area (Å²) in [5, 5.41) is 5.44. The molecule has 4 N–H and O–H groups in total. The van der Waals surface area contributed by atoms with Gasteiger partial charge < -0.3 is 16.0 Å². The van der Waals surface area contributed by atoms with Crippen molar-refractivity contribution in [1.29, 1.82) is 0 Å². The Balaban J connectivity index is 1.75. The summed E-state index contributed by atoms with van der Waals surface area (Å²) in [6, 6.07) is 1.87. The maximum atomic E-state index is 11.8. The first-order valence-electron chi connectivity index (χ1n) is 6.20. The van der Waals surface area contributed by atoms with Gasteiger partial charge in [-0.05, 0) is 38.3 Å². The van der Waals surface area contributed by atoms with E-state index in [-0.39, 0.29) is 5.91 Å². The second-order valence-corrected chi connectivity index (χ2v) is 5.42. The van der Waals surface area contributed by atoms with Gasteiger partial charge in [-0.25, -0.2) is 4.98 Å². The molecule has 0 aromatic carbocycles. The number of anilines is 1. The van der Waals surface area contributed by atoms with Gasteiger partial charge in [-0.2, -0.15) is 0 Å². The fraction of sp³-hybridized carbons (Fsp3) is 0.385. The normalized spacial score (nSPS) is 10.6. The fourth-order valence-corrected chi connectivity index (χ4v) is 2.39. The Kier molecular flexibility index (Phi) is 4.21. The molecular formula is C13H18N4OS. The van der Waals surface area contributed by atoms with Gasteiger partial charge in [0, 0.05) is 17.6 Å². The lowest BCUT2D eigenvalue weighted by Gasteiger charge is -2.02. The van der Waals surface area contributed by atoms with E-state index in [1.54, 1.807) is 0 Å². The van der Waals surface area contributed by atoms with Gasteiger partial charge in [0.05, 0.1) is 5.69 Å². The Morgan fingerprint density at radius 2 is 2.32 bits per heavy atom. The van der Waals surface area contributed by atoms with Gasteiger partial charge in [0.15, 0.2) is 5.13 Å². The van der Waals surface area contributed by atoms with E-state index in [0.29, 0.717) is 17.4 Å². The number of hydrogen-bond donors (Lipinski definition) is 3. The number of thiazole rings is 1. The maximum Gasteiger partial charge on any atom is 0.267 e. The Labute approximate surface area is 116 Å². The van der Waals surface area contributed by atoms with Crippen LogP contribution >= 0.6 is 11.3 Å². The minimum atomic E-state index is -0.0611. The monoisotopic (exact) mass is 278 g/mol. The standard InChI is InChI=1S/C13H18N4OS/c1-8-6-11(16-9(8)2)12(18)15-5-3-4-10-7-19-13(14)17-10/h6-7,16H,3-5H2,1-2H3,(H2,14,17)(H,15,18). The molecule has 0 unspecified atom stereocenters. The van der Waals surface area contributed by atoms with Gasteiger partial charge in [0.1, 0.15) is 5.69 Å². The number of H-pyrrole nitrogens is 1. The van der Waals surface area contributed by atoms with Crippen molar-refractivity contribution in [3.05, 3.63) is 34.1 Å². The van der Waals surface area contributed by atoms with E-state index in [4.69, 9.17) is 5.73 Å². The quantitative estimate of drug-likeness (QED) is 0.732. The van der Waals surface area contributed by atoms with Gasteiger partial charge in [0.2, 0.25) is 0 Å². The molecule has 0 radical (unpaired) electrons. The van der Waals surface area contributed by atoms with Crippen molar-refractivity contribution < 1.29 is 4.79 Å². The van der Waals surface area contributed by atoms with E-state index in [9.17, 15) is 4.79 Å². The largest absolute Gasteiger partial charge is 0.375 e. The highest BCUT2D eigenvalue weighted by molar-refractivity contribution is 7.13. The molecule has 0 bridgehead atoms. The van der Waals surface area contributed by atoms with Crippen LogP contribution in [0, 0.1) is 13.8 Å². The van der Waals surface area contributed by atoms with Gasteiger partial charge in [-0.1, -0.05) is 0 Å². The van der Waals surface area contributed by atoms with Crippen LogP contribution in [0.15, 0.2) is 11.4 Å². The summed E-state index contributed by atoms with van der Waals surface area (Å²) in [5.41, 5.74) is 9.30. The molecule has 19 heavy (non-hydrogen) atoms. The molecule has 0 saturated carbocycles. The summed E-state index contributed by atoms with van der Waals surface area (Å²) in [6.45, 7) is 4.57. The van der Waals surface area contributed by atoms with Crippen LogP contribution in [0.4, 0.5) is 5.13 Å². The minimum Gasteiger partial charge on any atom is -0.375 e. The number of aromatic nitrogens is 2. The number of carbonyl (C=O) groups is 1. The summed E-state index contributed by atoms with van der Waals surface area (Å²) >= 11 is 1.44. The lowest BCUT2D eigenvalue weighted by Crippen LogP contribution is -2.25. The molecule has 0 atom stereocenters. The summed E-state index contributed by atoms with van der Waals surface area (Å²) < 4.78 is 0. The number of rotatable bonds is 5. The van der Waals surface area contributed by atoms with E-state index in [1.165, 1.54) is 11.3 Å². The number of nitrogens with one attached hydrogen (secondary N) is 2. The topological polar surface area (TPSA) is 83.8 Å². The van der Waals surface area contributed by atoms with Crippen LogP contribution in [0.2, 0.25) is 0 Å². The Morgan fingerprint density at radius 3 is 2.89 bits per heavy atom. The predicted octanol–water partition coefficient (Wildman–Crippen LogP) is 2.03. The van der Waals surface area contributed by atoms with Gasteiger partial charge in [-0.15, -0.1) is 11.3 Å². The van der Waals surface area contributed by atoms with E-state index < -0.39 is 0 Å². The van der Waals surface area contributed by atoms with Crippen LogP contribution in [-0.2, 0) is 6.42 Å². The fourth-order valence-electron chi connectivity index (χ4n) is 1.79. The number of aromatic amines is 1. The Morgan fingerprint density at radius 1 is 1.53 bits per heavy atom. The zero-order valence-corrected chi connectivity index (χ0v) is 11.9. The molecule has 2 aromatic rings. The molecule has 5 nitrogen and oxygen atoms in total. The van der Waals surface area contributed by atoms with Crippen molar-refractivity contribution >= 4 is 22.4 Å². The Hall–Kier alpha value is -1.82. The first-order chi connectivity index (χ1) is 9.06. The van der Waals surface area contributed by atoms with E-state index >= 15 is 0 Å². The van der Waals surface area contributed by atoms with Crippen molar-refractivity contribution in [1.82, 2.24) is 15.3 Å². The van der Waals surface area contributed by atoms with Crippen molar-refractivity contribution in [2.45, 2.75) is 26.7 Å². The molecule has 1 amide bonds. The van der Waals surface area contributed by atoms with Crippen molar-refractivity contribution in [2.75, 3.05) is 12.3 Å². The highest BCUT2D eigenvalue weighted by atomic mass is 32.1. The summed E-state index contributed by atoms with van der Waals surface area (Å²) in [4.78, 5) is 19.1. The van der Waals surface area contributed by atoms with Crippen LogP contribution in [0.1, 0.15) is 33.9 Å². The molecule has 0 aliphatic heterocycles. The first kappa shape index (κ1) is 13.6. The third-order valence-electron chi connectivity index (χ3n) is 2.98. The zero-order valence-electron chi connectivity index (χ0n) is 11.1. The average molecular weight is 278 g/mol. The highest BCUT2D eigenvalue weighted by Gasteiger charge is 2.08. The number of nitrogens with two attached hydrogens (primary N) is 1. The molecule has 0 saturated heterocycles. The maximum absolute atomic E-state index is 11.8. The van der Waals surface area contributed by atoms with Gasteiger partial charge in [-0.3, -0.25) is 4.79 Å². The number of hydrogen-bond acceptors (Lipinski definition) is 4. The SMILES string of the molecule is Cc1cc(C(=O)NCCCc2csc(N)n2)[nH]c1C. The molecule has 2 rings (SSSR count).